The molecule has 0 radical (unpaired) electrons. The summed E-state index contributed by atoms with van der Waals surface area (Å²) in [5.74, 6) is 0.442. The van der Waals surface area contributed by atoms with Crippen molar-refractivity contribution in [1.29, 1.82) is 0 Å². The lowest BCUT2D eigenvalue weighted by atomic mass is 10.1. The van der Waals surface area contributed by atoms with E-state index in [1.807, 2.05) is 72.9 Å². The lowest BCUT2D eigenvalue weighted by molar-refractivity contribution is -0.133. The first-order valence-electron chi connectivity index (χ1n) is 11.7. The quantitative estimate of drug-likeness (QED) is 0.288. The van der Waals surface area contributed by atoms with Gasteiger partial charge in [0.25, 0.3) is 0 Å². The minimum absolute atomic E-state index is 0.140. The number of nitrogens with zero attached hydrogens (tertiary/aromatic N) is 3. The zero-order chi connectivity index (χ0) is 26.2. The number of benzene rings is 3. The van der Waals surface area contributed by atoms with E-state index in [4.69, 9.17) is 16.3 Å². The van der Waals surface area contributed by atoms with Crippen molar-refractivity contribution in [3.05, 3.63) is 108 Å². The van der Waals surface area contributed by atoms with Crippen LogP contribution >= 0.6 is 11.6 Å². The Morgan fingerprint density at radius 2 is 1.84 bits per heavy atom. The van der Waals surface area contributed by atoms with Crippen LogP contribution in [0.5, 0.6) is 5.75 Å². The number of halogens is 1. The highest BCUT2D eigenvalue weighted by Crippen LogP contribution is 2.27. The molecular formula is C29H27ClN4O3. The summed E-state index contributed by atoms with van der Waals surface area (Å²) in [4.78, 5) is 32.2. The zero-order valence-electron chi connectivity index (χ0n) is 20.4. The summed E-state index contributed by atoms with van der Waals surface area (Å²) >= 11 is 6.05. The number of amides is 2. The van der Waals surface area contributed by atoms with Gasteiger partial charge in [-0.3, -0.25) is 19.5 Å². The predicted octanol–water partition coefficient (Wildman–Crippen LogP) is 5.40. The molecule has 0 saturated heterocycles. The molecular weight excluding hydrogens is 488 g/mol. The van der Waals surface area contributed by atoms with E-state index < -0.39 is 0 Å². The summed E-state index contributed by atoms with van der Waals surface area (Å²) in [6.07, 6.45) is 3.63. The second-order valence-corrected chi connectivity index (χ2v) is 8.74. The summed E-state index contributed by atoms with van der Waals surface area (Å²) in [5.41, 5.74) is 3.12. The van der Waals surface area contributed by atoms with Crippen LogP contribution in [0.3, 0.4) is 0 Å². The monoisotopic (exact) mass is 514 g/mol. The molecule has 0 aliphatic carbocycles. The second-order valence-electron chi connectivity index (χ2n) is 8.30. The fourth-order valence-corrected chi connectivity index (χ4v) is 3.94. The summed E-state index contributed by atoms with van der Waals surface area (Å²) < 4.78 is 7.14. The number of rotatable bonds is 10. The van der Waals surface area contributed by atoms with Crippen molar-refractivity contribution < 1.29 is 14.3 Å². The maximum Gasteiger partial charge on any atom is 0.246 e. The maximum absolute atomic E-state index is 13.1. The Kier molecular flexibility index (Phi) is 8.38. The summed E-state index contributed by atoms with van der Waals surface area (Å²) in [7, 11) is 1.59. The lowest BCUT2D eigenvalue weighted by Gasteiger charge is -2.21. The van der Waals surface area contributed by atoms with Crippen molar-refractivity contribution in [1.82, 2.24) is 14.5 Å². The van der Waals surface area contributed by atoms with Gasteiger partial charge >= 0.3 is 0 Å². The standard InChI is InChI=1S/C29H27ClN4O3/c1-3-16-33(28(36)17-21-8-5-4-6-9-21)20-27(35)32-29-31-26(22-12-14-23(30)15-13-22)19-34(29)24-10-7-11-25(18-24)37-2/h3-15,18-19H,1,16-17,20H2,2H3,(H,31,32,35). The Morgan fingerprint density at radius 1 is 1.08 bits per heavy atom. The minimum Gasteiger partial charge on any atom is -0.497 e. The topological polar surface area (TPSA) is 76.5 Å². The summed E-state index contributed by atoms with van der Waals surface area (Å²) in [6, 6.07) is 24.1. The SMILES string of the molecule is C=CCN(CC(=O)Nc1nc(-c2ccc(Cl)cc2)cn1-c1cccc(OC)c1)C(=O)Cc1ccccc1. The van der Waals surface area contributed by atoms with E-state index >= 15 is 0 Å². The number of carbonyl (C=O) groups excluding carboxylic acids is 2. The van der Waals surface area contributed by atoms with E-state index in [1.165, 1.54) is 4.90 Å². The van der Waals surface area contributed by atoms with Crippen molar-refractivity contribution in [3.63, 3.8) is 0 Å². The fourth-order valence-electron chi connectivity index (χ4n) is 3.82. The van der Waals surface area contributed by atoms with Crippen LogP contribution in [-0.4, -0.2) is 46.5 Å². The van der Waals surface area contributed by atoms with Gasteiger partial charge in [0.1, 0.15) is 12.3 Å². The molecule has 1 aromatic heterocycles. The molecule has 188 valence electrons. The van der Waals surface area contributed by atoms with Crippen molar-refractivity contribution >= 4 is 29.4 Å². The first-order valence-corrected chi connectivity index (χ1v) is 12.1. The molecule has 1 heterocycles. The number of methoxy groups -OCH3 is 1. The third kappa shape index (κ3) is 6.65. The average molecular weight is 515 g/mol. The highest BCUT2D eigenvalue weighted by Gasteiger charge is 2.19. The second kappa shape index (κ2) is 12.1. The van der Waals surface area contributed by atoms with Crippen molar-refractivity contribution in [2.24, 2.45) is 0 Å². The summed E-state index contributed by atoms with van der Waals surface area (Å²) in [6.45, 7) is 3.84. The molecule has 4 rings (SSSR count). The molecule has 0 saturated carbocycles. The zero-order valence-corrected chi connectivity index (χ0v) is 21.2. The van der Waals surface area contributed by atoms with Crippen LogP contribution in [-0.2, 0) is 16.0 Å². The van der Waals surface area contributed by atoms with Crippen LogP contribution < -0.4 is 10.1 Å². The Morgan fingerprint density at radius 3 is 2.54 bits per heavy atom. The number of nitrogens with one attached hydrogen (secondary N) is 1. The van der Waals surface area contributed by atoms with Gasteiger partial charge in [0, 0.05) is 29.4 Å². The number of hydrogen-bond donors (Lipinski definition) is 1. The van der Waals surface area contributed by atoms with E-state index in [0.29, 0.717) is 22.4 Å². The summed E-state index contributed by atoms with van der Waals surface area (Å²) in [5, 5.41) is 3.49. The highest BCUT2D eigenvalue weighted by molar-refractivity contribution is 6.30. The van der Waals surface area contributed by atoms with Crippen molar-refractivity contribution in [3.8, 4) is 22.7 Å². The average Bonchev–Trinajstić information content (AvgIpc) is 3.33. The largest absolute Gasteiger partial charge is 0.497 e. The van der Waals surface area contributed by atoms with Gasteiger partial charge in [-0.25, -0.2) is 4.98 Å². The van der Waals surface area contributed by atoms with Crippen LogP contribution in [0.15, 0.2) is 97.7 Å². The fraction of sp³-hybridized carbons (Fsp3) is 0.138. The third-order valence-corrected chi connectivity index (χ3v) is 5.92. The van der Waals surface area contributed by atoms with Crippen LogP contribution in [0.1, 0.15) is 5.56 Å². The Bertz CT molecular complexity index is 1380. The molecule has 0 fully saturated rings. The van der Waals surface area contributed by atoms with E-state index in [0.717, 1.165) is 16.8 Å². The number of imidazole rings is 1. The van der Waals surface area contributed by atoms with Gasteiger partial charge < -0.3 is 9.64 Å². The highest BCUT2D eigenvalue weighted by atomic mass is 35.5. The molecule has 0 aliphatic heterocycles. The molecule has 0 unspecified atom stereocenters. The Hall–Kier alpha value is -4.36. The van der Waals surface area contributed by atoms with Crippen molar-refractivity contribution in [2.45, 2.75) is 6.42 Å². The molecule has 3 aromatic carbocycles. The van der Waals surface area contributed by atoms with Crippen LogP contribution in [0.4, 0.5) is 5.95 Å². The van der Waals surface area contributed by atoms with Gasteiger partial charge in [-0.2, -0.15) is 0 Å². The maximum atomic E-state index is 13.1. The number of anilines is 1. The van der Waals surface area contributed by atoms with E-state index in [9.17, 15) is 9.59 Å². The number of aromatic nitrogens is 2. The van der Waals surface area contributed by atoms with Crippen LogP contribution in [0, 0.1) is 0 Å². The molecule has 4 aromatic rings. The molecule has 1 N–H and O–H groups in total. The molecule has 0 atom stereocenters. The van der Waals surface area contributed by atoms with Crippen LogP contribution in [0.25, 0.3) is 16.9 Å². The van der Waals surface area contributed by atoms with E-state index in [2.05, 4.69) is 16.9 Å². The van der Waals surface area contributed by atoms with Gasteiger partial charge in [0.05, 0.1) is 24.9 Å². The molecule has 8 heteroatoms. The molecule has 7 nitrogen and oxygen atoms in total. The predicted molar refractivity (Wildman–Crippen MR) is 146 cm³/mol. The Balaban J connectivity index is 1.59. The van der Waals surface area contributed by atoms with Crippen LogP contribution in [0.2, 0.25) is 5.02 Å². The van der Waals surface area contributed by atoms with Gasteiger partial charge in [-0.05, 0) is 29.8 Å². The molecule has 0 aliphatic rings. The third-order valence-electron chi connectivity index (χ3n) is 5.66. The Labute approximate surface area is 221 Å². The molecule has 0 bridgehead atoms. The smallest absolute Gasteiger partial charge is 0.246 e. The molecule has 0 spiro atoms. The van der Waals surface area contributed by atoms with Gasteiger partial charge in [-0.1, -0.05) is 66.2 Å². The van der Waals surface area contributed by atoms with Gasteiger partial charge in [0.2, 0.25) is 17.8 Å². The van der Waals surface area contributed by atoms with Gasteiger partial charge in [0.15, 0.2) is 0 Å². The lowest BCUT2D eigenvalue weighted by Crippen LogP contribution is -2.39. The van der Waals surface area contributed by atoms with Crippen molar-refractivity contribution in [2.75, 3.05) is 25.5 Å². The number of carbonyl (C=O) groups is 2. The minimum atomic E-state index is -0.374. The van der Waals surface area contributed by atoms with Gasteiger partial charge in [-0.15, -0.1) is 6.58 Å². The molecule has 2 amide bonds. The molecule has 37 heavy (non-hydrogen) atoms. The normalized spacial score (nSPS) is 10.5. The first kappa shape index (κ1) is 25.7. The number of hydrogen-bond acceptors (Lipinski definition) is 4. The van der Waals surface area contributed by atoms with E-state index in [-0.39, 0.29) is 31.3 Å². The first-order chi connectivity index (χ1) is 18.0. The number of ether oxygens (including phenoxy) is 1. The van der Waals surface area contributed by atoms with E-state index in [1.54, 1.807) is 29.9 Å².